The smallest absolute Gasteiger partial charge is 0.339 e. The van der Waals surface area contributed by atoms with E-state index >= 15 is 0 Å². The molecule has 0 unspecified atom stereocenters. The predicted molar refractivity (Wildman–Crippen MR) is 118 cm³/mol. The van der Waals surface area contributed by atoms with E-state index in [0.29, 0.717) is 39.2 Å². The average Bonchev–Trinajstić information content (AvgIpc) is 2.82. The van der Waals surface area contributed by atoms with Gasteiger partial charge in [-0.15, -0.1) is 0 Å². The maximum absolute atomic E-state index is 12.1. The fourth-order valence-corrected chi connectivity index (χ4v) is 3.29. The van der Waals surface area contributed by atoms with E-state index < -0.39 is 5.97 Å². The molecule has 0 saturated heterocycles. The van der Waals surface area contributed by atoms with Crippen LogP contribution in [0.3, 0.4) is 0 Å². The monoisotopic (exact) mass is 436 g/mol. The Morgan fingerprint density at radius 3 is 2.45 bits per heavy atom. The third kappa shape index (κ3) is 4.54. The van der Waals surface area contributed by atoms with Gasteiger partial charge in [0.1, 0.15) is 11.6 Å². The van der Waals surface area contributed by atoms with Crippen molar-refractivity contribution in [3.63, 3.8) is 0 Å². The largest absolute Gasteiger partial charge is 0.493 e. The van der Waals surface area contributed by atoms with E-state index in [4.69, 9.17) is 14.2 Å². The summed E-state index contributed by atoms with van der Waals surface area (Å²) in [5.74, 6) is 0.858. The lowest BCUT2D eigenvalue weighted by Gasteiger charge is -2.15. The lowest BCUT2D eigenvalue weighted by molar-refractivity contribution is 0.0602. The number of nitriles is 1. The average molecular weight is 436 g/mol. The second kappa shape index (κ2) is 9.82. The first-order valence-corrected chi connectivity index (χ1v) is 10.3. The normalized spacial score (nSPS) is 10.2. The third-order valence-corrected chi connectivity index (χ3v) is 4.97. The molecule has 0 aliphatic rings. The van der Waals surface area contributed by atoms with Crippen LogP contribution in [-0.2, 0) is 4.74 Å². The van der Waals surface area contributed by atoms with E-state index in [0.717, 1.165) is 0 Å². The molecule has 1 aromatic heterocycles. The number of anilines is 2. The van der Waals surface area contributed by atoms with E-state index in [1.54, 1.807) is 49.6 Å². The summed E-state index contributed by atoms with van der Waals surface area (Å²) in [6.07, 6.45) is 1.84. The van der Waals surface area contributed by atoms with Crippen molar-refractivity contribution >= 4 is 29.2 Å². The van der Waals surface area contributed by atoms with Crippen LogP contribution in [0.25, 0.3) is 11.3 Å². The summed E-state index contributed by atoms with van der Waals surface area (Å²) in [6.45, 7) is 0. The van der Waals surface area contributed by atoms with Crippen LogP contribution in [0.2, 0.25) is 0 Å². The summed E-state index contributed by atoms with van der Waals surface area (Å²) in [5.41, 5.74) is 2.11. The lowest BCUT2D eigenvalue weighted by atomic mass is 10.1. The molecule has 0 aliphatic carbocycles. The molecular weight excluding hydrogens is 416 g/mol. The second-order valence-electron chi connectivity index (χ2n) is 6.13. The van der Waals surface area contributed by atoms with Crippen LogP contribution in [0.5, 0.6) is 11.5 Å². The van der Waals surface area contributed by atoms with Gasteiger partial charge in [0.25, 0.3) is 0 Å². The first-order chi connectivity index (χ1) is 15.1. The van der Waals surface area contributed by atoms with Gasteiger partial charge >= 0.3 is 5.97 Å². The molecule has 0 radical (unpaired) electrons. The van der Waals surface area contributed by atoms with Crippen molar-refractivity contribution in [2.24, 2.45) is 0 Å². The second-order valence-corrected chi connectivity index (χ2v) is 6.90. The number of hydrogen-bond acceptors (Lipinski definition) is 9. The Kier molecular flexibility index (Phi) is 6.95. The van der Waals surface area contributed by atoms with Crippen LogP contribution in [0, 0.1) is 11.3 Å². The number of esters is 1. The Morgan fingerprint density at radius 1 is 1.06 bits per heavy atom. The molecule has 3 rings (SSSR count). The highest BCUT2D eigenvalue weighted by Gasteiger charge is 2.20. The highest BCUT2D eigenvalue weighted by molar-refractivity contribution is 7.98. The van der Waals surface area contributed by atoms with Gasteiger partial charge in [-0.2, -0.15) is 5.26 Å². The summed E-state index contributed by atoms with van der Waals surface area (Å²) in [4.78, 5) is 21.1. The Labute approximate surface area is 184 Å². The van der Waals surface area contributed by atoms with Crippen molar-refractivity contribution in [2.45, 2.75) is 5.16 Å². The van der Waals surface area contributed by atoms with Crippen molar-refractivity contribution in [1.29, 1.82) is 5.26 Å². The zero-order chi connectivity index (χ0) is 22.4. The predicted octanol–water partition coefficient (Wildman–Crippen LogP) is 4.28. The third-order valence-electron chi connectivity index (χ3n) is 4.43. The minimum atomic E-state index is -0.499. The lowest BCUT2D eigenvalue weighted by Crippen LogP contribution is -2.08. The molecule has 31 heavy (non-hydrogen) atoms. The summed E-state index contributed by atoms with van der Waals surface area (Å²) >= 11 is 1.33. The van der Waals surface area contributed by atoms with Crippen molar-refractivity contribution < 1.29 is 19.0 Å². The van der Waals surface area contributed by atoms with Crippen molar-refractivity contribution in [2.75, 3.05) is 32.9 Å². The standard InChI is InChI=1S/C22H20N4O4S/c1-28-17-10-9-13(11-18(17)29-2)19-15(12-23)20(26-22(25-19)31-4)24-16-8-6-5-7-14(16)21(27)30-3/h5-11H,1-4H3,(H,24,25,26). The molecule has 0 spiro atoms. The highest BCUT2D eigenvalue weighted by atomic mass is 32.2. The van der Waals surface area contributed by atoms with Crippen LogP contribution in [-0.4, -0.2) is 43.5 Å². The molecule has 9 heteroatoms. The molecular formula is C22H20N4O4S. The van der Waals surface area contributed by atoms with E-state index in [2.05, 4.69) is 21.4 Å². The topological polar surface area (TPSA) is 106 Å². The zero-order valence-corrected chi connectivity index (χ0v) is 18.2. The maximum Gasteiger partial charge on any atom is 0.339 e. The number of carbonyl (C=O) groups is 1. The van der Waals surface area contributed by atoms with Gasteiger partial charge in [-0.1, -0.05) is 23.9 Å². The maximum atomic E-state index is 12.1. The Balaban J connectivity index is 2.17. The molecule has 0 atom stereocenters. The number of benzene rings is 2. The van der Waals surface area contributed by atoms with Crippen LogP contribution < -0.4 is 14.8 Å². The summed E-state index contributed by atoms with van der Waals surface area (Å²) in [6, 6.07) is 14.3. The van der Waals surface area contributed by atoms with Gasteiger partial charge in [-0.05, 0) is 36.6 Å². The van der Waals surface area contributed by atoms with E-state index in [-0.39, 0.29) is 11.4 Å². The first-order valence-electron chi connectivity index (χ1n) is 9.09. The fraction of sp³-hybridized carbons (Fsp3) is 0.182. The number of rotatable bonds is 7. The summed E-state index contributed by atoms with van der Waals surface area (Å²) < 4.78 is 15.5. The summed E-state index contributed by atoms with van der Waals surface area (Å²) in [7, 11) is 4.40. The minimum absolute atomic E-state index is 0.227. The fourth-order valence-electron chi connectivity index (χ4n) is 2.93. The number of nitrogens with one attached hydrogen (secondary N) is 1. The molecule has 2 aromatic carbocycles. The van der Waals surface area contributed by atoms with Crippen molar-refractivity contribution in [1.82, 2.24) is 9.97 Å². The number of hydrogen-bond donors (Lipinski definition) is 1. The number of carbonyl (C=O) groups excluding carboxylic acids is 1. The Bertz CT molecular complexity index is 1160. The number of methoxy groups -OCH3 is 3. The van der Waals surface area contributed by atoms with Crippen LogP contribution in [0.1, 0.15) is 15.9 Å². The molecule has 8 nitrogen and oxygen atoms in total. The first kappa shape index (κ1) is 21.9. The van der Waals surface area contributed by atoms with E-state index in [9.17, 15) is 10.1 Å². The molecule has 0 amide bonds. The SMILES string of the molecule is COC(=O)c1ccccc1Nc1nc(SC)nc(-c2ccc(OC)c(OC)c2)c1C#N. The van der Waals surface area contributed by atoms with Crippen LogP contribution in [0.4, 0.5) is 11.5 Å². The molecule has 158 valence electrons. The molecule has 3 aromatic rings. The highest BCUT2D eigenvalue weighted by Crippen LogP contribution is 2.35. The summed E-state index contributed by atoms with van der Waals surface area (Å²) in [5, 5.41) is 13.5. The van der Waals surface area contributed by atoms with Gasteiger partial charge in [-0.3, -0.25) is 0 Å². The molecule has 0 bridgehead atoms. The molecule has 1 heterocycles. The van der Waals surface area contributed by atoms with Crippen LogP contribution in [0.15, 0.2) is 47.6 Å². The number of ether oxygens (including phenoxy) is 3. The van der Waals surface area contributed by atoms with Crippen LogP contribution >= 0.6 is 11.8 Å². The molecule has 0 aliphatic heterocycles. The number of para-hydroxylation sites is 1. The van der Waals surface area contributed by atoms with E-state index in [1.807, 2.05) is 6.26 Å². The number of thioether (sulfide) groups is 1. The Morgan fingerprint density at radius 2 is 1.81 bits per heavy atom. The number of nitrogens with zero attached hydrogens (tertiary/aromatic N) is 3. The van der Waals surface area contributed by atoms with Gasteiger partial charge < -0.3 is 19.5 Å². The van der Waals surface area contributed by atoms with Gasteiger partial charge in [-0.25, -0.2) is 14.8 Å². The van der Waals surface area contributed by atoms with E-state index in [1.165, 1.54) is 26.0 Å². The minimum Gasteiger partial charge on any atom is -0.493 e. The van der Waals surface area contributed by atoms with Gasteiger partial charge in [0.05, 0.1) is 38.3 Å². The van der Waals surface area contributed by atoms with Crippen molar-refractivity contribution in [3.05, 3.63) is 53.6 Å². The van der Waals surface area contributed by atoms with Gasteiger partial charge in [0.15, 0.2) is 22.5 Å². The molecule has 0 fully saturated rings. The number of aromatic nitrogens is 2. The Hall–Kier alpha value is -3.77. The van der Waals surface area contributed by atoms with Crippen molar-refractivity contribution in [3.8, 4) is 28.8 Å². The zero-order valence-electron chi connectivity index (χ0n) is 17.4. The quantitative estimate of drug-likeness (QED) is 0.330. The van der Waals surface area contributed by atoms with Gasteiger partial charge in [0.2, 0.25) is 0 Å². The molecule has 0 saturated carbocycles. The molecule has 1 N–H and O–H groups in total. The van der Waals surface area contributed by atoms with Gasteiger partial charge in [0, 0.05) is 5.56 Å².